The average molecular weight is 405 g/mol. The van der Waals surface area contributed by atoms with Crippen LogP contribution in [0.15, 0.2) is 6.20 Å². The number of alkyl halides is 7. The number of ether oxygens (including phenoxy) is 1. The Bertz CT molecular complexity index is 446. The molecule has 0 aromatic carbocycles. The lowest BCUT2D eigenvalue weighted by Gasteiger charge is -2.15. The zero-order chi connectivity index (χ0) is 14.1. The van der Waals surface area contributed by atoms with E-state index in [1.807, 2.05) is 0 Å². The normalized spacial score (nSPS) is 12.7. The zero-order valence-corrected chi connectivity index (χ0v) is 11.1. The molecule has 0 fully saturated rings. The fourth-order valence-electron chi connectivity index (χ4n) is 1.03. The van der Waals surface area contributed by atoms with Gasteiger partial charge in [0.05, 0.1) is 11.4 Å². The predicted molar refractivity (Wildman–Crippen MR) is 58.2 cm³/mol. The second kappa shape index (κ2) is 5.27. The van der Waals surface area contributed by atoms with E-state index in [2.05, 4.69) is 9.72 Å². The Hall–Kier alpha value is -0.450. The highest BCUT2D eigenvalue weighted by molar-refractivity contribution is 14.1. The molecule has 0 amide bonds. The molecule has 1 heterocycles. The van der Waals surface area contributed by atoms with E-state index in [-0.39, 0.29) is 6.20 Å². The topological polar surface area (TPSA) is 22.1 Å². The van der Waals surface area contributed by atoms with Gasteiger partial charge in [-0.05, 0) is 22.6 Å². The van der Waals surface area contributed by atoms with Gasteiger partial charge in [-0.1, -0.05) is 0 Å². The van der Waals surface area contributed by atoms with Gasteiger partial charge in [0.2, 0.25) is 5.88 Å². The summed E-state index contributed by atoms with van der Waals surface area (Å²) in [6.07, 6.45) is -9.49. The van der Waals surface area contributed by atoms with E-state index < -0.39 is 39.0 Å². The Morgan fingerprint density at radius 1 is 1.22 bits per heavy atom. The summed E-state index contributed by atoms with van der Waals surface area (Å²) in [5.41, 5.74) is -1.61. The van der Waals surface area contributed by atoms with Crippen LogP contribution < -0.4 is 4.74 Å². The summed E-state index contributed by atoms with van der Waals surface area (Å²) in [6, 6.07) is 0. The van der Waals surface area contributed by atoms with Gasteiger partial charge in [-0.3, -0.25) is 0 Å². The molecule has 0 aliphatic rings. The number of pyridine rings is 1. The van der Waals surface area contributed by atoms with Crippen LogP contribution in [-0.2, 0) is 12.1 Å². The molecule has 0 saturated carbocycles. The van der Waals surface area contributed by atoms with Crippen molar-refractivity contribution in [1.29, 1.82) is 0 Å². The maximum absolute atomic E-state index is 12.5. The third-order valence-corrected chi connectivity index (χ3v) is 3.22. The largest absolute Gasteiger partial charge is 0.574 e. The van der Waals surface area contributed by atoms with E-state index in [4.69, 9.17) is 11.6 Å². The van der Waals surface area contributed by atoms with Crippen molar-refractivity contribution < 1.29 is 31.1 Å². The molecule has 0 aliphatic heterocycles. The minimum atomic E-state index is -5.05. The number of halogens is 8. The molecular weight excluding hydrogens is 402 g/mol. The van der Waals surface area contributed by atoms with Gasteiger partial charge >= 0.3 is 12.5 Å². The van der Waals surface area contributed by atoms with Crippen LogP contribution in [0.4, 0.5) is 26.3 Å². The second-order valence-electron chi connectivity index (χ2n) is 2.95. The summed E-state index contributed by atoms with van der Waals surface area (Å²) < 4.78 is 76.5. The molecule has 0 atom stereocenters. The second-order valence-corrected chi connectivity index (χ2v) is 4.29. The highest BCUT2D eigenvalue weighted by Crippen LogP contribution is 2.37. The lowest BCUT2D eigenvalue weighted by atomic mass is 10.2. The summed E-state index contributed by atoms with van der Waals surface area (Å²) in [7, 11) is 0. The maximum Gasteiger partial charge on any atom is 0.574 e. The van der Waals surface area contributed by atoms with Crippen LogP contribution in [0.3, 0.4) is 0 Å². The summed E-state index contributed by atoms with van der Waals surface area (Å²) in [5, 5.41) is 0. The molecule has 1 aromatic rings. The lowest BCUT2D eigenvalue weighted by Crippen LogP contribution is -2.20. The molecule has 0 radical (unpaired) electrons. The van der Waals surface area contributed by atoms with E-state index in [9.17, 15) is 26.3 Å². The highest BCUT2D eigenvalue weighted by atomic mass is 127. The van der Waals surface area contributed by atoms with Gasteiger partial charge in [0.25, 0.3) is 0 Å². The number of hydrogen-bond donors (Lipinski definition) is 0. The van der Waals surface area contributed by atoms with Gasteiger partial charge in [0.15, 0.2) is 0 Å². The Morgan fingerprint density at radius 2 is 1.78 bits per heavy atom. The fraction of sp³-hybridized carbons (Fsp3) is 0.375. The lowest BCUT2D eigenvalue weighted by molar-refractivity contribution is -0.276. The zero-order valence-electron chi connectivity index (χ0n) is 8.16. The van der Waals surface area contributed by atoms with Crippen molar-refractivity contribution in [2.45, 2.75) is 18.4 Å². The van der Waals surface area contributed by atoms with Crippen molar-refractivity contribution >= 4 is 34.2 Å². The van der Waals surface area contributed by atoms with Gasteiger partial charge < -0.3 is 4.74 Å². The van der Waals surface area contributed by atoms with Crippen molar-refractivity contribution in [1.82, 2.24) is 4.98 Å². The summed E-state index contributed by atoms with van der Waals surface area (Å²) in [4.78, 5) is 3.01. The fourth-order valence-corrected chi connectivity index (χ4v) is 2.37. The van der Waals surface area contributed by atoms with E-state index >= 15 is 0 Å². The molecular formula is C8H3ClF6INO. The van der Waals surface area contributed by atoms with Gasteiger partial charge in [-0.25, -0.2) is 4.98 Å². The molecule has 18 heavy (non-hydrogen) atoms. The molecule has 10 heteroatoms. The van der Waals surface area contributed by atoms with Crippen LogP contribution in [0.25, 0.3) is 0 Å². The van der Waals surface area contributed by atoms with Crippen molar-refractivity contribution in [3.8, 4) is 5.88 Å². The Balaban J connectivity index is 3.30. The molecule has 0 unspecified atom stereocenters. The van der Waals surface area contributed by atoms with E-state index in [0.717, 1.165) is 0 Å². The van der Waals surface area contributed by atoms with E-state index in [1.54, 1.807) is 0 Å². The first-order valence-corrected chi connectivity index (χ1v) is 5.74. The Kier molecular flexibility index (Phi) is 4.57. The Morgan fingerprint density at radius 3 is 2.17 bits per heavy atom. The van der Waals surface area contributed by atoms with Gasteiger partial charge in [0, 0.05) is 15.3 Å². The SMILES string of the molecule is FC(F)(F)Oc1ncc(C(F)(F)F)c(I)c1CCl. The Labute approximate surface area is 115 Å². The monoisotopic (exact) mass is 405 g/mol. The summed E-state index contributed by atoms with van der Waals surface area (Å²) in [6.45, 7) is 0. The van der Waals surface area contributed by atoms with Crippen LogP contribution in [0.5, 0.6) is 5.88 Å². The third kappa shape index (κ3) is 3.77. The molecule has 0 bridgehead atoms. The predicted octanol–water partition coefficient (Wildman–Crippen LogP) is 4.34. The van der Waals surface area contributed by atoms with Crippen LogP contribution in [-0.4, -0.2) is 11.3 Å². The van der Waals surface area contributed by atoms with Crippen molar-refractivity contribution in [3.05, 3.63) is 20.9 Å². The van der Waals surface area contributed by atoms with Gasteiger partial charge in [-0.2, -0.15) is 13.2 Å². The number of nitrogens with zero attached hydrogens (tertiary/aromatic N) is 1. The number of aromatic nitrogens is 1. The van der Waals surface area contributed by atoms with Crippen molar-refractivity contribution in [3.63, 3.8) is 0 Å². The smallest absolute Gasteiger partial charge is 0.387 e. The van der Waals surface area contributed by atoms with E-state index in [0.29, 0.717) is 0 Å². The maximum atomic E-state index is 12.5. The number of hydrogen-bond acceptors (Lipinski definition) is 2. The molecule has 102 valence electrons. The quantitative estimate of drug-likeness (QED) is 0.415. The molecule has 1 rings (SSSR count). The molecule has 1 aromatic heterocycles. The van der Waals surface area contributed by atoms with Crippen molar-refractivity contribution in [2.75, 3.05) is 0 Å². The minimum absolute atomic E-state index is 0.277. The standard InChI is InChI=1S/C8H3ClF6INO/c9-1-3-5(16)4(7(10,11)12)2-17-6(3)18-8(13,14)15/h2H,1H2. The summed E-state index contributed by atoms with van der Waals surface area (Å²) in [5.74, 6) is -1.56. The molecule has 2 nitrogen and oxygen atoms in total. The van der Waals surface area contributed by atoms with Crippen LogP contribution in [0.1, 0.15) is 11.1 Å². The number of rotatable bonds is 2. The van der Waals surface area contributed by atoms with Crippen LogP contribution in [0, 0.1) is 3.57 Å². The first-order chi connectivity index (χ1) is 8.06. The highest BCUT2D eigenvalue weighted by Gasteiger charge is 2.38. The first-order valence-electron chi connectivity index (χ1n) is 4.12. The average Bonchev–Trinajstić information content (AvgIpc) is 2.13. The van der Waals surface area contributed by atoms with Gasteiger partial charge in [-0.15, -0.1) is 24.8 Å². The van der Waals surface area contributed by atoms with Crippen LogP contribution >= 0.6 is 34.2 Å². The van der Waals surface area contributed by atoms with E-state index in [1.165, 1.54) is 22.6 Å². The molecule has 0 saturated heterocycles. The van der Waals surface area contributed by atoms with Crippen LogP contribution in [0.2, 0.25) is 0 Å². The molecule has 0 spiro atoms. The first kappa shape index (κ1) is 15.6. The molecule has 0 N–H and O–H groups in total. The summed E-state index contributed by atoms with van der Waals surface area (Å²) >= 11 is 6.58. The minimum Gasteiger partial charge on any atom is -0.387 e. The third-order valence-electron chi connectivity index (χ3n) is 1.72. The van der Waals surface area contributed by atoms with Gasteiger partial charge in [0.1, 0.15) is 0 Å². The van der Waals surface area contributed by atoms with Crippen molar-refractivity contribution in [2.24, 2.45) is 0 Å². The molecule has 0 aliphatic carbocycles.